The van der Waals surface area contributed by atoms with Crippen LogP contribution in [-0.2, 0) is 6.42 Å². The molecule has 1 aromatic rings. The van der Waals surface area contributed by atoms with E-state index in [0.29, 0.717) is 0 Å². The topological polar surface area (TPSA) is 44.5 Å². The maximum Gasteiger partial charge on any atom is 0.126 e. The molecule has 0 saturated heterocycles. The van der Waals surface area contributed by atoms with Gasteiger partial charge in [-0.25, -0.2) is 0 Å². The van der Waals surface area contributed by atoms with Crippen molar-refractivity contribution in [2.75, 3.05) is 13.7 Å². The standard InChI is InChI=1S/C18H31NO2/c1-4-6-7-8-9-12-21-18-14-17(20-3)11-10-15(18)13-16(19)5-2/h10-11,14,16H,4-9,12-13,19H2,1-3H3. The first-order valence-corrected chi connectivity index (χ1v) is 8.26. The second-order valence-electron chi connectivity index (χ2n) is 5.61. The van der Waals surface area contributed by atoms with Gasteiger partial charge >= 0.3 is 0 Å². The van der Waals surface area contributed by atoms with Crippen molar-refractivity contribution < 1.29 is 9.47 Å². The number of unbranched alkanes of at least 4 members (excludes halogenated alkanes) is 4. The molecule has 0 heterocycles. The average molecular weight is 293 g/mol. The van der Waals surface area contributed by atoms with Gasteiger partial charge in [-0.2, -0.15) is 0 Å². The molecule has 120 valence electrons. The van der Waals surface area contributed by atoms with Gasteiger partial charge in [0.05, 0.1) is 13.7 Å². The van der Waals surface area contributed by atoms with Gasteiger partial charge in [0.25, 0.3) is 0 Å². The number of hydrogen-bond donors (Lipinski definition) is 1. The molecule has 0 aromatic heterocycles. The Morgan fingerprint density at radius 1 is 1.10 bits per heavy atom. The monoisotopic (exact) mass is 293 g/mol. The van der Waals surface area contributed by atoms with Gasteiger partial charge in [0.1, 0.15) is 11.5 Å². The summed E-state index contributed by atoms with van der Waals surface area (Å²) in [5, 5.41) is 0. The maximum atomic E-state index is 6.07. The lowest BCUT2D eigenvalue weighted by molar-refractivity contribution is 0.298. The smallest absolute Gasteiger partial charge is 0.126 e. The third kappa shape index (κ3) is 6.85. The van der Waals surface area contributed by atoms with Crippen LogP contribution in [0.4, 0.5) is 0 Å². The predicted octanol–water partition coefficient (Wildman–Crippen LogP) is 4.32. The number of benzene rings is 1. The highest BCUT2D eigenvalue weighted by Crippen LogP contribution is 2.26. The van der Waals surface area contributed by atoms with E-state index in [2.05, 4.69) is 19.9 Å². The minimum atomic E-state index is 0.185. The minimum Gasteiger partial charge on any atom is -0.497 e. The first-order valence-electron chi connectivity index (χ1n) is 8.26. The molecule has 1 unspecified atom stereocenters. The van der Waals surface area contributed by atoms with Crippen molar-refractivity contribution in [1.29, 1.82) is 0 Å². The van der Waals surface area contributed by atoms with Crippen molar-refractivity contribution in [2.45, 2.75) is 64.8 Å². The molecule has 0 amide bonds. The summed E-state index contributed by atoms with van der Waals surface area (Å²) in [6.45, 7) is 5.11. The lowest BCUT2D eigenvalue weighted by Gasteiger charge is -2.15. The fourth-order valence-electron chi connectivity index (χ4n) is 2.28. The van der Waals surface area contributed by atoms with E-state index in [1.807, 2.05) is 12.1 Å². The maximum absolute atomic E-state index is 6.07. The normalized spacial score (nSPS) is 12.2. The highest BCUT2D eigenvalue weighted by Gasteiger charge is 2.09. The van der Waals surface area contributed by atoms with Gasteiger partial charge < -0.3 is 15.2 Å². The Balaban J connectivity index is 2.55. The Bertz CT molecular complexity index is 393. The molecule has 0 aliphatic rings. The van der Waals surface area contributed by atoms with Gasteiger partial charge in [-0.3, -0.25) is 0 Å². The van der Waals surface area contributed by atoms with Gasteiger partial charge in [-0.15, -0.1) is 0 Å². The highest BCUT2D eigenvalue weighted by atomic mass is 16.5. The number of methoxy groups -OCH3 is 1. The molecule has 1 atom stereocenters. The van der Waals surface area contributed by atoms with Crippen LogP contribution < -0.4 is 15.2 Å². The van der Waals surface area contributed by atoms with Crippen LogP contribution in [0.1, 0.15) is 57.9 Å². The first-order chi connectivity index (χ1) is 10.2. The zero-order chi connectivity index (χ0) is 15.5. The van der Waals surface area contributed by atoms with Crippen LogP contribution in [0.5, 0.6) is 11.5 Å². The predicted molar refractivity (Wildman–Crippen MR) is 89.2 cm³/mol. The summed E-state index contributed by atoms with van der Waals surface area (Å²) in [5.41, 5.74) is 7.25. The highest BCUT2D eigenvalue weighted by molar-refractivity contribution is 5.41. The number of nitrogens with two attached hydrogens (primary N) is 1. The van der Waals surface area contributed by atoms with Crippen molar-refractivity contribution in [3.63, 3.8) is 0 Å². The molecule has 0 aliphatic heterocycles. The summed E-state index contributed by atoms with van der Waals surface area (Å²) < 4.78 is 11.3. The van der Waals surface area contributed by atoms with Crippen molar-refractivity contribution in [2.24, 2.45) is 5.73 Å². The summed E-state index contributed by atoms with van der Waals surface area (Å²) in [7, 11) is 1.68. The van der Waals surface area contributed by atoms with Crippen molar-refractivity contribution in [3.8, 4) is 11.5 Å². The number of hydrogen-bond acceptors (Lipinski definition) is 3. The van der Waals surface area contributed by atoms with Crippen LogP contribution in [-0.4, -0.2) is 19.8 Å². The summed E-state index contributed by atoms with van der Waals surface area (Å²) in [4.78, 5) is 0. The van der Waals surface area contributed by atoms with E-state index in [4.69, 9.17) is 15.2 Å². The molecule has 0 aliphatic carbocycles. The fraction of sp³-hybridized carbons (Fsp3) is 0.667. The molecule has 0 radical (unpaired) electrons. The lowest BCUT2D eigenvalue weighted by atomic mass is 10.0. The number of ether oxygens (including phenoxy) is 2. The Hall–Kier alpha value is -1.22. The van der Waals surface area contributed by atoms with Crippen molar-refractivity contribution in [1.82, 2.24) is 0 Å². The molecule has 0 saturated carbocycles. The SMILES string of the molecule is CCCCCCCOc1cc(OC)ccc1CC(N)CC. The molecule has 3 nitrogen and oxygen atoms in total. The second-order valence-corrected chi connectivity index (χ2v) is 5.61. The molecule has 3 heteroatoms. The van der Waals surface area contributed by atoms with Gasteiger partial charge in [-0.05, 0) is 30.9 Å². The van der Waals surface area contributed by atoms with E-state index < -0.39 is 0 Å². The minimum absolute atomic E-state index is 0.185. The van der Waals surface area contributed by atoms with Crippen LogP contribution in [0.25, 0.3) is 0 Å². The number of rotatable bonds is 11. The quantitative estimate of drug-likeness (QED) is 0.618. The molecule has 0 bridgehead atoms. The fourth-order valence-corrected chi connectivity index (χ4v) is 2.28. The zero-order valence-electron chi connectivity index (χ0n) is 13.9. The second kappa shape index (κ2) is 10.5. The molecule has 21 heavy (non-hydrogen) atoms. The molecule has 2 N–H and O–H groups in total. The molecule has 0 spiro atoms. The van der Waals surface area contributed by atoms with E-state index in [1.54, 1.807) is 7.11 Å². The van der Waals surface area contributed by atoms with Crippen LogP contribution in [0.15, 0.2) is 18.2 Å². The Morgan fingerprint density at radius 2 is 1.86 bits per heavy atom. The third-order valence-corrected chi connectivity index (χ3v) is 3.79. The average Bonchev–Trinajstić information content (AvgIpc) is 2.51. The summed E-state index contributed by atoms with van der Waals surface area (Å²) in [5.74, 6) is 1.76. The van der Waals surface area contributed by atoms with Crippen molar-refractivity contribution in [3.05, 3.63) is 23.8 Å². The van der Waals surface area contributed by atoms with E-state index in [0.717, 1.165) is 37.4 Å². The van der Waals surface area contributed by atoms with Gasteiger partial charge in [0.15, 0.2) is 0 Å². The van der Waals surface area contributed by atoms with Gasteiger partial charge in [0, 0.05) is 12.1 Å². The summed E-state index contributed by atoms with van der Waals surface area (Å²) in [6.07, 6.45) is 8.06. The van der Waals surface area contributed by atoms with E-state index >= 15 is 0 Å². The largest absolute Gasteiger partial charge is 0.497 e. The molecule has 1 rings (SSSR count). The van der Waals surface area contributed by atoms with Crippen LogP contribution in [0, 0.1) is 0 Å². The van der Waals surface area contributed by atoms with E-state index in [-0.39, 0.29) is 6.04 Å². The molecular formula is C18H31NO2. The molecular weight excluding hydrogens is 262 g/mol. The summed E-state index contributed by atoms with van der Waals surface area (Å²) in [6, 6.07) is 6.21. The van der Waals surface area contributed by atoms with Gasteiger partial charge in [0.2, 0.25) is 0 Å². The van der Waals surface area contributed by atoms with Crippen LogP contribution in [0.2, 0.25) is 0 Å². The third-order valence-electron chi connectivity index (χ3n) is 3.79. The summed E-state index contributed by atoms with van der Waals surface area (Å²) >= 11 is 0. The van der Waals surface area contributed by atoms with Crippen LogP contribution >= 0.6 is 0 Å². The lowest BCUT2D eigenvalue weighted by Crippen LogP contribution is -2.21. The molecule has 0 fully saturated rings. The Morgan fingerprint density at radius 3 is 2.52 bits per heavy atom. The molecule has 1 aromatic carbocycles. The Kier molecular flexibility index (Phi) is 8.91. The zero-order valence-corrected chi connectivity index (χ0v) is 13.9. The van der Waals surface area contributed by atoms with Gasteiger partial charge in [-0.1, -0.05) is 45.6 Å². The van der Waals surface area contributed by atoms with Crippen LogP contribution in [0.3, 0.4) is 0 Å². The van der Waals surface area contributed by atoms with E-state index in [1.165, 1.54) is 31.2 Å². The Labute approximate surface area is 129 Å². The first kappa shape index (κ1) is 17.8. The van der Waals surface area contributed by atoms with E-state index in [9.17, 15) is 0 Å². The van der Waals surface area contributed by atoms with Crippen molar-refractivity contribution >= 4 is 0 Å².